The van der Waals surface area contributed by atoms with E-state index >= 15 is 0 Å². The van der Waals surface area contributed by atoms with E-state index < -0.39 is 0 Å². The Bertz CT molecular complexity index is 1340. The van der Waals surface area contributed by atoms with Crippen LogP contribution in [0, 0.1) is 0 Å². The molecule has 0 spiro atoms. The van der Waals surface area contributed by atoms with Gasteiger partial charge < -0.3 is 10.2 Å². The van der Waals surface area contributed by atoms with Gasteiger partial charge in [0.15, 0.2) is 5.82 Å². The van der Waals surface area contributed by atoms with E-state index in [1.807, 2.05) is 42.5 Å². The lowest BCUT2D eigenvalue weighted by Gasteiger charge is -2.15. The van der Waals surface area contributed by atoms with Crippen molar-refractivity contribution < 1.29 is 4.79 Å². The van der Waals surface area contributed by atoms with Crippen LogP contribution in [0.15, 0.2) is 71.8 Å². The molecule has 0 bridgehead atoms. The van der Waals surface area contributed by atoms with Gasteiger partial charge in [0.1, 0.15) is 0 Å². The Morgan fingerprint density at radius 2 is 1.82 bits per heavy atom. The van der Waals surface area contributed by atoms with Gasteiger partial charge in [0.25, 0.3) is 5.56 Å². The molecular formula is C25H24N6O2. The molecule has 1 saturated heterocycles. The first-order valence-electron chi connectivity index (χ1n) is 11.1. The van der Waals surface area contributed by atoms with Crippen LogP contribution < -0.4 is 15.8 Å². The van der Waals surface area contributed by atoms with Crippen molar-refractivity contribution in [2.75, 3.05) is 23.3 Å². The van der Waals surface area contributed by atoms with Gasteiger partial charge in [0.05, 0.1) is 22.9 Å². The zero-order chi connectivity index (χ0) is 22.6. The van der Waals surface area contributed by atoms with Crippen molar-refractivity contribution in [1.82, 2.24) is 19.7 Å². The van der Waals surface area contributed by atoms with Gasteiger partial charge in [-0.3, -0.25) is 14.2 Å². The lowest BCUT2D eigenvalue weighted by molar-refractivity contribution is -0.116. The van der Waals surface area contributed by atoms with E-state index in [2.05, 4.69) is 25.4 Å². The van der Waals surface area contributed by atoms with Gasteiger partial charge in [-0.2, -0.15) is 0 Å². The second kappa shape index (κ2) is 9.20. The number of hydrogen-bond donors (Lipinski definition) is 1. The minimum Gasteiger partial charge on any atom is -0.355 e. The number of nitrogens with zero attached hydrogens (tertiary/aromatic N) is 5. The van der Waals surface area contributed by atoms with E-state index in [0.717, 1.165) is 30.2 Å². The summed E-state index contributed by atoms with van der Waals surface area (Å²) in [5.74, 6) is 0.724. The van der Waals surface area contributed by atoms with Crippen LogP contribution in [-0.4, -0.2) is 38.7 Å². The lowest BCUT2D eigenvalue weighted by Crippen LogP contribution is -2.23. The van der Waals surface area contributed by atoms with Gasteiger partial charge in [0, 0.05) is 37.3 Å². The second-order valence-electron chi connectivity index (χ2n) is 8.11. The normalized spacial score (nSPS) is 13.4. The molecule has 0 unspecified atom stereocenters. The Labute approximate surface area is 190 Å². The molecule has 0 saturated carbocycles. The number of carbonyl (C=O) groups excluding carboxylic acids is 1. The SMILES string of the molecule is O=C(CCn1cnc2ccccc2c1=O)Nc1cccc(-c2ccc(N3CCCC3)nn2)c1. The first-order chi connectivity index (χ1) is 16.2. The van der Waals surface area contributed by atoms with Crippen molar-refractivity contribution in [1.29, 1.82) is 0 Å². The van der Waals surface area contributed by atoms with Crippen molar-refractivity contribution in [3.8, 4) is 11.3 Å². The van der Waals surface area contributed by atoms with Crippen LogP contribution in [0.2, 0.25) is 0 Å². The monoisotopic (exact) mass is 440 g/mol. The molecule has 2 aromatic heterocycles. The third kappa shape index (κ3) is 4.59. The van der Waals surface area contributed by atoms with Crippen LogP contribution in [-0.2, 0) is 11.3 Å². The molecule has 33 heavy (non-hydrogen) atoms. The van der Waals surface area contributed by atoms with Gasteiger partial charge in [-0.15, -0.1) is 10.2 Å². The third-order valence-electron chi connectivity index (χ3n) is 5.83. The molecule has 1 fully saturated rings. The van der Waals surface area contributed by atoms with Crippen LogP contribution in [0.3, 0.4) is 0 Å². The summed E-state index contributed by atoms with van der Waals surface area (Å²) in [5.41, 5.74) is 2.81. The first-order valence-corrected chi connectivity index (χ1v) is 11.1. The highest BCUT2D eigenvalue weighted by Gasteiger charge is 2.14. The van der Waals surface area contributed by atoms with Crippen molar-refractivity contribution in [2.45, 2.75) is 25.8 Å². The molecule has 4 aromatic rings. The molecule has 5 rings (SSSR count). The highest BCUT2D eigenvalue weighted by Crippen LogP contribution is 2.23. The minimum absolute atomic E-state index is 0.147. The van der Waals surface area contributed by atoms with Crippen LogP contribution in [0.5, 0.6) is 0 Å². The molecule has 1 aliphatic rings. The topological polar surface area (TPSA) is 93.0 Å². The Morgan fingerprint density at radius 1 is 0.970 bits per heavy atom. The molecule has 8 heteroatoms. The number of fused-ring (bicyclic) bond motifs is 1. The van der Waals surface area contributed by atoms with Crippen LogP contribution >= 0.6 is 0 Å². The molecular weight excluding hydrogens is 416 g/mol. The summed E-state index contributed by atoms with van der Waals surface area (Å²) in [6.07, 6.45) is 4.03. The summed E-state index contributed by atoms with van der Waals surface area (Å²) >= 11 is 0. The predicted octanol–water partition coefficient (Wildman–Crippen LogP) is 3.48. The van der Waals surface area contributed by atoms with Crippen molar-refractivity contribution in [3.63, 3.8) is 0 Å². The van der Waals surface area contributed by atoms with Crippen molar-refractivity contribution in [3.05, 3.63) is 77.3 Å². The maximum atomic E-state index is 12.6. The number of aromatic nitrogens is 4. The molecule has 0 atom stereocenters. The number of anilines is 2. The van der Waals surface area contributed by atoms with Crippen molar-refractivity contribution in [2.24, 2.45) is 0 Å². The molecule has 0 radical (unpaired) electrons. The van der Waals surface area contributed by atoms with E-state index in [0.29, 0.717) is 16.6 Å². The first kappa shape index (κ1) is 20.8. The number of carbonyl (C=O) groups is 1. The van der Waals surface area contributed by atoms with Gasteiger partial charge in [-0.05, 0) is 49.2 Å². The Balaban J connectivity index is 1.24. The van der Waals surface area contributed by atoms with Gasteiger partial charge in [-0.25, -0.2) is 4.98 Å². The standard InChI is InChI=1S/C25H24N6O2/c32-24(12-15-31-17-26-22-9-2-1-8-20(22)25(31)33)27-19-7-5-6-18(16-19)21-10-11-23(29-28-21)30-13-3-4-14-30/h1-2,5-11,16-17H,3-4,12-15H2,(H,27,32). The third-order valence-corrected chi connectivity index (χ3v) is 5.83. The second-order valence-corrected chi connectivity index (χ2v) is 8.11. The van der Waals surface area contributed by atoms with Crippen LogP contribution in [0.1, 0.15) is 19.3 Å². The zero-order valence-corrected chi connectivity index (χ0v) is 18.1. The number of rotatable bonds is 6. The highest BCUT2D eigenvalue weighted by molar-refractivity contribution is 5.91. The van der Waals surface area contributed by atoms with Crippen LogP contribution in [0.4, 0.5) is 11.5 Å². The smallest absolute Gasteiger partial charge is 0.261 e. The molecule has 3 heterocycles. The summed E-state index contributed by atoms with van der Waals surface area (Å²) in [6.45, 7) is 2.31. The number of benzene rings is 2. The lowest BCUT2D eigenvalue weighted by atomic mass is 10.1. The summed E-state index contributed by atoms with van der Waals surface area (Å²) in [5, 5.41) is 12.2. The summed E-state index contributed by atoms with van der Waals surface area (Å²) in [6, 6.07) is 18.7. The Kier molecular flexibility index (Phi) is 5.80. The molecule has 1 amide bonds. The van der Waals surface area contributed by atoms with Gasteiger partial charge in [0.2, 0.25) is 5.91 Å². The Morgan fingerprint density at radius 3 is 2.64 bits per heavy atom. The highest BCUT2D eigenvalue weighted by atomic mass is 16.2. The maximum absolute atomic E-state index is 12.6. The number of aryl methyl sites for hydroxylation is 1. The molecule has 166 valence electrons. The van der Waals surface area contributed by atoms with E-state index in [1.54, 1.807) is 18.2 Å². The molecule has 2 aromatic carbocycles. The zero-order valence-electron chi connectivity index (χ0n) is 18.1. The average Bonchev–Trinajstić information content (AvgIpc) is 3.39. The van der Waals surface area contributed by atoms with E-state index in [-0.39, 0.29) is 24.4 Å². The van der Waals surface area contributed by atoms with E-state index in [9.17, 15) is 9.59 Å². The minimum atomic E-state index is -0.178. The largest absolute Gasteiger partial charge is 0.355 e. The fourth-order valence-corrected chi connectivity index (χ4v) is 4.06. The molecule has 1 aliphatic heterocycles. The summed E-state index contributed by atoms with van der Waals surface area (Å²) < 4.78 is 1.47. The molecule has 8 nitrogen and oxygen atoms in total. The quantitative estimate of drug-likeness (QED) is 0.493. The van der Waals surface area contributed by atoms with Gasteiger partial charge in [-0.1, -0.05) is 24.3 Å². The number of nitrogens with one attached hydrogen (secondary N) is 1. The summed E-state index contributed by atoms with van der Waals surface area (Å²) in [4.78, 5) is 31.6. The number of hydrogen-bond acceptors (Lipinski definition) is 6. The van der Waals surface area contributed by atoms with Crippen LogP contribution in [0.25, 0.3) is 22.2 Å². The Hall–Kier alpha value is -4.07. The van der Waals surface area contributed by atoms with E-state index in [1.165, 1.54) is 23.7 Å². The maximum Gasteiger partial charge on any atom is 0.261 e. The summed E-state index contributed by atoms with van der Waals surface area (Å²) in [7, 11) is 0. The van der Waals surface area contributed by atoms with Gasteiger partial charge >= 0.3 is 0 Å². The molecule has 0 aliphatic carbocycles. The number of para-hydroxylation sites is 1. The average molecular weight is 441 g/mol. The fourth-order valence-electron chi connectivity index (χ4n) is 4.06. The number of amides is 1. The van der Waals surface area contributed by atoms with Crippen molar-refractivity contribution >= 4 is 28.3 Å². The predicted molar refractivity (Wildman–Crippen MR) is 128 cm³/mol. The van der Waals surface area contributed by atoms with E-state index in [4.69, 9.17) is 0 Å². The fraction of sp³-hybridized carbons (Fsp3) is 0.240. The molecule has 1 N–H and O–H groups in total.